The number of nitrogens with zero attached hydrogens (tertiary/aromatic N) is 2. The SMILES string of the molecule is O=C(Nc1ccc(F)c(F)c1)c1cnc(Nc2ccc(F)cc2)nc1. The number of hydrogen-bond acceptors (Lipinski definition) is 4. The van der Waals surface area contributed by atoms with Gasteiger partial charge in [-0.25, -0.2) is 23.1 Å². The highest BCUT2D eigenvalue weighted by Crippen LogP contribution is 2.15. The summed E-state index contributed by atoms with van der Waals surface area (Å²) in [5, 5.41) is 5.26. The van der Waals surface area contributed by atoms with Crippen LogP contribution in [0, 0.1) is 17.5 Å². The molecule has 0 fully saturated rings. The van der Waals surface area contributed by atoms with Crippen LogP contribution in [0.2, 0.25) is 0 Å². The van der Waals surface area contributed by atoms with Gasteiger partial charge in [0.15, 0.2) is 11.6 Å². The molecule has 0 bridgehead atoms. The molecule has 0 aliphatic rings. The van der Waals surface area contributed by atoms with Gasteiger partial charge < -0.3 is 10.6 Å². The Kier molecular flexibility index (Phi) is 4.60. The fourth-order valence-electron chi connectivity index (χ4n) is 1.95. The quantitative estimate of drug-likeness (QED) is 0.753. The van der Waals surface area contributed by atoms with Gasteiger partial charge in [-0.05, 0) is 36.4 Å². The van der Waals surface area contributed by atoms with E-state index >= 15 is 0 Å². The third kappa shape index (κ3) is 4.11. The maximum atomic E-state index is 13.1. The molecule has 0 spiro atoms. The topological polar surface area (TPSA) is 66.9 Å². The van der Waals surface area contributed by atoms with Crippen LogP contribution in [0.25, 0.3) is 0 Å². The molecule has 0 aliphatic carbocycles. The summed E-state index contributed by atoms with van der Waals surface area (Å²) in [6.45, 7) is 0. The number of hydrogen-bond donors (Lipinski definition) is 2. The minimum atomic E-state index is -1.06. The largest absolute Gasteiger partial charge is 0.324 e. The number of benzene rings is 2. The van der Waals surface area contributed by atoms with Crippen molar-refractivity contribution in [1.29, 1.82) is 0 Å². The average Bonchev–Trinajstić information content (AvgIpc) is 2.61. The normalized spacial score (nSPS) is 10.4. The van der Waals surface area contributed by atoms with E-state index in [0.717, 1.165) is 12.1 Å². The Bertz CT molecular complexity index is 899. The molecule has 1 heterocycles. The summed E-state index contributed by atoms with van der Waals surface area (Å²) in [6, 6.07) is 8.63. The second-order valence-corrected chi connectivity index (χ2v) is 5.01. The van der Waals surface area contributed by atoms with Crippen molar-refractivity contribution >= 4 is 23.2 Å². The van der Waals surface area contributed by atoms with Crippen molar-refractivity contribution in [3.63, 3.8) is 0 Å². The van der Waals surface area contributed by atoms with Gasteiger partial charge in [-0.2, -0.15) is 0 Å². The molecule has 2 N–H and O–H groups in total. The van der Waals surface area contributed by atoms with Crippen molar-refractivity contribution < 1.29 is 18.0 Å². The number of aromatic nitrogens is 2. The van der Waals surface area contributed by atoms with Gasteiger partial charge in [0.1, 0.15) is 5.82 Å². The van der Waals surface area contributed by atoms with Crippen LogP contribution in [0.5, 0.6) is 0 Å². The monoisotopic (exact) mass is 344 g/mol. The molecular formula is C17H11F3N4O. The van der Waals surface area contributed by atoms with Gasteiger partial charge in [0.05, 0.1) is 5.56 Å². The van der Waals surface area contributed by atoms with Gasteiger partial charge >= 0.3 is 0 Å². The molecule has 3 aromatic rings. The molecule has 8 heteroatoms. The lowest BCUT2D eigenvalue weighted by molar-refractivity contribution is 0.102. The molecule has 2 aromatic carbocycles. The van der Waals surface area contributed by atoms with E-state index in [0.29, 0.717) is 5.69 Å². The van der Waals surface area contributed by atoms with E-state index in [2.05, 4.69) is 20.6 Å². The Labute approximate surface area is 140 Å². The summed E-state index contributed by atoms with van der Waals surface area (Å²) < 4.78 is 38.8. The highest BCUT2D eigenvalue weighted by atomic mass is 19.2. The molecule has 0 saturated carbocycles. The van der Waals surface area contributed by atoms with Gasteiger partial charge in [0.2, 0.25) is 5.95 Å². The van der Waals surface area contributed by atoms with Crippen LogP contribution in [0.15, 0.2) is 54.9 Å². The van der Waals surface area contributed by atoms with E-state index in [1.807, 2.05) is 0 Å². The van der Waals surface area contributed by atoms with Crippen LogP contribution in [-0.4, -0.2) is 15.9 Å². The Morgan fingerprint density at radius 2 is 1.48 bits per heavy atom. The zero-order valence-electron chi connectivity index (χ0n) is 12.6. The van der Waals surface area contributed by atoms with E-state index in [-0.39, 0.29) is 23.0 Å². The molecule has 0 unspecified atom stereocenters. The molecule has 5 nitrogen and oxygen atoms in total. The number of carbonyl (C=O) groups excluding carboxylic acids is 1. The van der Waals surface area contributed by atoms with Crippen LogP contribution >= 0.6 is 0 Å². The van der Waals surface area contributed by atoms with Gasteiger partial charge in [0, 0.05) is 29.8 Å². The number of nitrogens with one attached hydrogen (secondary N) is 2. The fourth-order valence-corrected chi connectivity index (χ4v) is 1.95. The molecule has 3 rings (SSSR count). The number of anilines is 3. The summed E-state index contributed by atoms with van der Waals surface area (Å²) in [4.78, 5) is 20.0. The summed E-state index contributed by atoms with van der Waals surface area (Å²) in [5.41, 5.74) is 0.826. The van der Waals surface area contributed by atoms with Crippen molar-refractivity contribution in [2.24, 2.45) is 0 Å². The second-order valence-electron chi connectivity index (χ2n) is 5.01. The molecule has 0 aliphatic heterocycles. The van der Waals surface area contributed by atoms with Crippen LogP contribution in [0.3, 0.4) is 0 Å². The highest BCUT2D eigenvalue weighted by Gasteiger charge is 2.10. The van der Waals surface area contributed by atoms with E-state index in [1.165, 1.54) is 42.7 Å². The maximum Gasteiger partial charge on any atom is 0.258 e. The smallest absolute Gasteiger partial charge is 0.258 e. The zero-order valence-corrected chi connectivity index (χ0v) is 12.6. The first-order valence-corrected chi connectivity index (χ1v) is 7.12. The van der Waals surface area contributed by atoms with E-state index in [9.17, 15) is 18.0 Å². The molecule has 25 heavy (non-hydrogen) atoms. The van der Waals surface area contributed by atoms with E-state index < -0.39 is 17.5 Å². The first-order valence-electron chi connectivity index (χ1n) is 7.12. The van der Waals surface area contributed by atoms with Crippen molar-refractivity contribution in [2.45, 2.75) is 0 Å². The van der Waals surface area contributed by atoms with Crippen LogP contribution < -0.4 is 10.6 Å². The number of carbonyl (C=O) groups is 1. The Morgan fingerprint density at radius 3 is 2.12 bits per heavy atom. The van der Waals surface area contributed by atoms with E-state index in [1.54, 1.807) is 0 Å². The van der Waals surface area contributed by atoms with Crippen molar-refractivity contribution in [3.05, 3.63) is 77.9 Å². The van der Waals surface area contributed by atoms with Crippen molar-refractivity contribution in [2.75, 3.05) is 10.6 Å². The summed E-state index contributed by atoms with van der Waals surface area (Å²) in [7, 11) is 0. The van der Waals surface area contributed by atoms with Gasteiger partial charge in [-0.1, -0.05) is 0 Å². The summed E-state index contributed by atoms with van der Waals surface area (Å²) in [6.07, 6.45) is 2.54. The van der Waals surface area contributed by atoms with Gasteiger partial charge in [-0.15, -0.1) is 0 Å². The minimum absolute atomic E-state index is 0.109. The Morgan fingerprint density at radius 1 is 0.840 bits per heavy atom. The third-order valence-corrected chi connectivity index (χ3v) is 3.19. The van der Waals surface area contributed by atoms with Crippen LogP contribution in [-0.2, 0) is 0 Å². The lowest BCUT2D eigenvalue weighted by Crippen LogP contribution is -2.13. The average molecular weight is 344 g/mol. The molecule has 1 amide bonds. The lowest BCUT2D eigenvalue weighted by atomic mass is 10.2. The Balaban J connectivity index is 1.67. The van der Waals surface area contributed by atoms with Gasteiger partial charge in [0.25, 0.3) is 5.91 Å². The molecule has 0 saturated heterocycles. The minimum Gasteiger partial charge on any atom is -0.324 e. The first kappa shape index (κ1) is 16.4. The van der Waals surface area contributed by atoms with Gasteiger partial charge in [-0.3, -0.25) is 4.79 Å². The molecule has 1 aromatic heterocycles. The fraction of sp³-hybridized carbons (Fsp3) is 0. The highest BCUT2D eigenvalue weighted by molar-refractivity contribution is 6.03. The van der Waals surface area contributed by atoms with Crippen molar-refractivity contribution in [1.82, 2.24) is 9.97 Å². The zero-order chi connectivity index (χ0) is 17.8. The maximum absolute atomic E-state index is 13.1. The number of amides is 1. The third-order valence-electron chi connectivity index (χ3n) is 3.19. The molecular weight excluding hydrogens is 333 g/mol. The van der Waals surface area contributed by atoms with Crippen molar-refractivity contribution in [3.8, 4) is 0 Å². The summed E-state index contributed by atoms with van der Waals surface area (Å²) >= 11 is 0. The number of halogens is 3. The number of rotatable bonds is 4. The molecule has 0 radical (unpaired) electrons. The molecule has 126 valence electrons. The lowest BCUT2D eigenvalue weighted by Gasteiger charge is -2.07. The second kappa shape index (κ2) is 7.00. The Hall–Kier alpha value is -3.42. The van der Waals surface area contributed by atoms with Crippen LogP contribution in [0.1, 0.15) is 10.4 Å². The predicted octanol–water partition coefficient (Wildman–Crippen LogP) is 3.89. The predicted molar refractivity (Wildman–Crippen MR) is 86.0 cm³/mol. The first-order chi connectivity index (χ1) is 12.0. The van der Waals surface area contributed by atoms with E-state index in [4.69, 9.17) is 0 Å². The standard InChI is InChI=1S/C17H11F3N4O/c18-11-1-3-12(4-2-11)24-17-21-8-10(9-22-17)16(25)23-13-5-6-14(19)15(20)7-13/h1-9H,(H,23,25)(H,21,22,24). The molecule has 0 atom stereocenters. The van der Waals surface area contributed by atoms with Crippen LogP contribution in [0.4, 0.5) is 30.5 Å². The summed E-state index contributed by atoms with van der Waals surface area (Å²) in [5.74, 6) is -2.78.